The number of nitrogens with one attached hydrogen (secondary N) is 1. The Morgan fingerprint density at radius 2 is 0.912 bits per heavy atom. The third-order valence-electron chi connectivity index (χ3n) is 17.8. The molecule has 68 heavy (non-hydrogen) atoms. The summed E-state index contributed by atoms with van der Waals surface area (Å²) in [5.41, 5.74) is 24.4. The van der Waals surface area contributed by atoms with Crippen LogP contribution in [0.1, 0.15) is 161 Å². The van der Waals surface area contributed by atoms with Gasteiger partial charge < -0.3 is 10.2 Å². The summed E-state index contributed by atoms with van der Waals surface area (Å²) in [6.07, 6.45) is 7.05. The molecule has 0 saturated heterocycles. The van der Waals surface area contributed by atoms with Crippen molar-refractivity contribution >= 4 is 57.4 Å². The molecule has 345 valence electrons. The smallest absolute Gasteiger partial charge is 0.197 e. The fraction of sp³-hybridized carbons (Fsp3) is 0.385. The summed E-state index contributed by atoms with van der Waals surface area (Å²) >= 11 is 0. The molecule has 0 fully saturated rings. The van der Waals surface area contributed by atoms with Crippen molar-refractivity contribution in [3.63, 3.8) is 0 Å². The molecule has 0 unspecified atom stereocenters. The third-order valence-corrected chi connectivity index (χ3v) is 17.8. The van der Waals surface area contributed by atoms with Crippen molar-refractivity contribution in [1.82, 2.24) is 0 Å². The van der Waals surface area contributed by atoms with Gasteiger partial charge in [-0.2, -0.15) is 0 Å². The Morgan fingerprint density at radius 3 is 1.50 bits per heavy atom. The minimum absolute atomic E-state index is 0.0285. The zero-order valence-electron chi connectivity index (χ0n) is 43.3. The molecule has 3 aliphatic carbocycles. The van der Waals surface area contributed by atoms with Gasteiger partial charge in [-0.25, -0.2) is 0 Å². The number of hydrogen-bond acceptors (Lipinski definition) is 2. The van der Waals surface area contributed by atoms with E-state index in [-0.39, 0.29) is 32.5 Å². The predicted molar refractivity (Wildman–Crippen MR) is 295 cm³/mol. The Balaban J connectivity index is 1.21. The van der Waals surface area contributed by atoms with E-state index >= 15 is 0 Å². The highest BCUT2D eigenvalue weighted by molar-refractivity contribution is 6.73. The number of hydrogen-bond donors (Lipinski definition) is 1. The summed E-state index contributed by atoms with van der Waals surface area (Å²) in [6, 6.07) is 47.0. The molecule has 4 aliphatic rings. The van der Waals surface area contributed by atoms with Crippen LogP contribution in [0, 0.1) is 6.92 Å². The average Bonchev–Trinajstić information content (AvgIpc) is 3.30. The quantitative estimate of drug-likeness (QED) is 0.173. The second-order valence-corrected chi connectivity index (χ2v) is 25.3. The Labute approximate surface area is 409 Å². The topological polar surface area (TPSA) is 15.3 Å². The summed E-state index contributed by atoms with van der Waals surface area (Å²) in [4.78, 5) is 2.70. The van der Waals surface area contributed by atoms with E-state index in [0.29, 0.717) is 0 Å². The van der Waals surface area contributed by atoms with Crippen molar-refractivity contribution in [1.29, 1.82) is 0 Å². The largest absolute Gasteiger partial charge is 0.355 e. The van der Waals surface area contributed by atoms with E-state index in [1.165, 1.54) is 126 Å². The second kappa shape index (κ2) is 15.2. The van der Waals surface area contributed by atoms with Crippen molar-refractivity contribution in [3.05, 3.63) is 160 Å². The molecular weight excluding hydrogens is 820 g/mol. The summed E-state index contributed by atoms with van der Waals surface area (Å²) in [6.45, 7) is 32.0. The first-order chi connectivity index (χ1) is 32.0. The maximum Gasteiger partial charge on any atom is 0.197 e. The third kappa shape index (κ3) is 7.19. The number of anilines is 5. The fourth-order valence-electron chi connectivity index (χ4n) is 12.9. The molecule has 0 spiro atoms. The molecule has 7 aromatic carbocycles. The maximum atomic E-state index is 4.09. The van der Waals surface area contributed by atoms with Crippen molar-refractivity contribution < 1.29 is 0 Å². The Hall–Kier alpha value is -5.54. The summed E-state index contributed by atoms with van der Waals surface area (Å²) in [7, 11) is 2.58. The molecule has 0 bridgehead atoms. The van der Waals surface area contributed by atoms with Gasteiger partial charge in [-0.05, 0) is 192 Å². The van der Waals surface area contributed by atoms with Crippen LogP contribution >= 0.6 is 0 Å². The van der Waals surface area contributed by atoms with E-state index < -0.39 is 0 Å². The van der Waals surface area contributed by atoms with Gasteiger partial charge in [0.05, 0.1) is 0 Å². The number of benzene rings is 7. The lowest BCUT2D eigenvalue weighted by atomic mass is 9.54. The highest BCUT2D eigenvalue weighted by atomic mass is 15.2. The van der Waals surface area contributed by atoms with Crippen LogP contribution in [0.15, 0.2) is 121 Å². The van der Waals surface area contributed by atoms with E-state index in [0.717, 1.165) is 24.2 Å². The van der Waals surface area contributed by atoms with Crippen LogP contribution in [-0.4, -0.2) is 7.28 Å². The number of aryl methyl sites for hydroxylation is 1. The summed E-state index contributed by atoms with van der Waals surface area (Å²) in [5.74, 6) is 0. The molecule has 7 aromatic rings. The first kappa shape index (κ1) is 44.9. The molecule has 0 saturated carbocycles. The highest BCUT2D eigenvalue weighted by Crippen LogP contribution is 2.54. The molecule has 0 amide bonds. The van der Waals surface area contributed by atoms with Gasteiger partial charge in [0.25, 0.3) is 0 Å². The van der Waals surface area contributed by atoms with Crippen LogP contribution in [-0.2, 0) is 32.5 Å². The molecule has 1 aliphatic heterocycles. The summed E-state index contributed by atoms with van der Waals surface area (Å²) in [5, 5.41) is 6.63. The van der Waals surface area contributed by atoms with Gasteiger partial charge in [0, 0.05) is 34.0 Å². The fourth-order valence-corrected chi connectivity index (χ4v) is 12.9. The monoisotopic (exact) mass is 892 g/mol. The van der Waals surface area contributed by atoms with E-state index in [1.54, 1.807) is 0 Å². The zero-order chi connectivity index (χ0) is 47.9. The van der Waals surface area contributed by atoms with Gasteiger partial charge in [-0.1, -0.05) is 167 Å². The summed E-state index contributed by atoms with van der Waals surface area (Å²) < 4.78 is 0. The van der Waals surface area contributed by atoms with E-state index in [1.807, 2.05) is 0 Å². The molecular formula is C65H72BN2. The van der Waals surface area contributed by atoms with Gasteiger partial charge in [0.2, 0.25) is 0 Å². The molecule has 1 heterocycles. The van der Waals surface area contributed by atoms with Gasteiger partial charge in [-0.15, -0.1) is 0 Å². The minimum Gasteiger partial charge on any atom is -0.355 e. The predicted octanol–water partition coefficient (Wildman–Crippen LogP) is 16.7. The van der Waals surface area contributed by atoms with Gasteiger partial charge in [0.15, 0.2) is 7.28 Å². The van der Waals surface area contributed by atoms with E-state index in [9.17, 15) is 0 Å². The van der Waals surface area contributed by atoms with Crippen LogP contribution in [0.2, 0.25) is 0 Å². The van der Waals surface area contributed by atoms with Gasteiger partial charge >= 0.3 is 0 Å². The molecule has 0 atom stereocenters. The Morgan fingerprint density at radius 1 is 0.441 bits per heavy atom. The maximum absolute atomic E-state index is 4.09. The lowest BCUT2D eigenvalue weighted by Gasteiger charge is -2.46. The molecule has 11 rings (SSSR count). The van der Waals surface area contributed by atoms with Crippen molar-refractivity contribution in [3.8, 4) is 22.3 Å². The standard InChI is InChI=1S/C65H72BN2/c1-40-33-47-51(64(10,11)31-27-60(47,2)3)38-55(40)68-56-39-52-49(62(6,7)29-32-65(52,12)13)36-53(56)66-59-57(68)34-43-21-17-18-22-45(43)58(59)46-35-48-50(63(8,9)30-28-61(48,4)5)37-54(46)67-44-25-23-42(24-26-44)41-19-15-14-16-20-41/h14-26,33-39,67H,27-32H2,1-13H3. The lowest BCUT2D eigenvalue weighted by molar-refractivity contribution is 0.331. The minimum atomic E-state index is 0.0285. The van der Waals surface area contributed by atoms with Crippen LogP contribution < -0.4 is 21.1 Å². The van der Waals surface area contributed by atoms with Gasteiger partial charge in [0.1, 0.15) is 0 Å². The molecule has 1 N–H and O–H groups in total. The first-order valence-corrected chi connectivity index (χ1v) is 25.7. The SMILES string of the molecule is Cc1cc2c(cc1N1c3cc4c(cc3[B]c3c1cc1ccccc1c3-c1cc3c(cc1Nc1ccc(-c5ccccc5)cc1)C(C)(C)CCC3(C)C)C(C)(C)CCC4(C)C)C(C)(C)CCC2(C)C. The molecule has 2 nitrogen and oxygen atoms in total. The normalized spacial score (nSPS) is 19.7. The van der Waals surface area contributed by atoms with Crippen LogP contribution in [0.25, 0.3) is 33.0 Å². The lowest BCUT2D eigenvalue weighted by Crippen LogP contribution is -2.44. The molecule has 0 aromatic heterocycles. The van der Waals surface area contributed by atoms with E-state index in [2.05, 4.69) is 229 Å². The molecule has 3 heteroatoms. The van der Waals surface area contributed by atoms with Crippen molar-refractivity contribution in [2.75, 3.05) is 10.2 Å². The van der Waals surface area contributed by atoms with Crippen LogP contribution in [0.3, 0.4) is 0 Å². The number of nitrogens with zero attached hydrogens (tertiary/aromatic N) is 1. The van der Waals surface area contributed by atoms with Gasteiger partial charge in [-0.3, -0.25) is 0 Å². The zero-order valence-corrected chi connectivity index (χ0v) is 43.3. The average molecular weight is 892 g/mol. The Bertz CT molecular complexity index is 3150. The number of fused-ring (bicyclic) bond motifs is 6. The van der Waals surface area contributed by atoms with Crippen LogP contribution in [0.4, 0.5) is 28.4 Å². The van der Waals surface area contributed by atoms with E-state index in [4.69, 9.17) is 0 Å². The number of rotatable bonds is 5. The first-order valence-electron chi connectivity index (χ1n) is 25.7. The van der Waals surface area contributed by atoms with Crippen molar-refractivity contribution in [2.45, 2.75) is 161 Å². The highest BCUT2D eigenvalue weighted by Gasteiger charge is 2.43. The Kier molecular flexibility index (Phi) is 10.1. The van der Waals surface area contributed by atoms with Crippen LogP contribution in [0.5, 0.6) is 0 Å². The van der Waals surface area contributed by atoms with Crippen molar-refractivity contribution in [2.24, 2.45) is 0 Å². The molecule has 1 radical (unpaired) electrons. The second-order valence-electron chi connectivity index (χ2n) is 25.3.